The molecule has 1 aliphatic heterocycles. The first-order valence-corrected chi connectivity index (χ1v) is 24.1. The number of pyridine rings is 1. The van der Waals surface area contributed by atoms with E-state index in [4.69, 9.17) is 16.6 Å². The van der Waals surface area contributed by atoms with Crippen LogP contribution >= 0.6 is 0 Å². The molecule has 5 nitrogen and oxygen atoms in total. The van der Waals surface area contributed by atoms with Crippen LogP contribution in [-0.2, 0) is 31.9 Å². The van der Waals surface area contributed by atoms with Crippen molar-refractivity contribution in [2.45, 2.75) is 52.4 Å². The van der Waals surface area contributed by atoms with Gasteiger partial charge in [0.2, 0.25) is 0 Å². The van der Waals surface area contributed by atoms with Gasteiger partial charge in [0.25, 0.3) is 0 Å². The molecule has 0 spiro atoms. The average Bonchev–Trinajstić information content (AvgIpc) is 4.11. The van der Waals surface area contributed by atoms with E-state index in [-0.39, 0.29) is 55.3 Å². The fraction of sp³-hybridized carbons (Fsp3) is 0.121. The molecule has 0 radical (unpaired) electrons. The van der Waals surface area contributed by atoms with Crippen molar-refractivity contribution in [1.29, 1.82) is 0 Å². The summed E-state index contributed by atoms with van der Waals surface area (Å²) in [5, 5.41) is 9.76. The molecule has 0 saturated heterocycles. The Morgan fingerprint density at radius 2 is 1.14 bits per heavy atom. The number of para-hydroxylation sites is 3. The zero-order valence-corrected chi connectivity index (χ0v) is 43.0. The zero-order chi connectivity index (χ0) is 52.5. The second-order valence-electron chi connectivity index (χ2n) is 20.6. The van der Waals surface area contributed by atoms with E-state index in [2.05, 4.69) is 172 Å². The number of benzene rings is 10. The van der Waals surface area contributed by atoms with Gasteiger partial charge in [-0.1, -0.05) is 174 Å². The van der Waals surface area contributed by atoms with Crippen LogP contribution in [0.15, 0.2) is 194 Å². The van der Waals surface area contributed by atoms with Gasteiger partial charge in [-0.2, -0.15) is 6.07 Å². The van der Waals surface area contributed by atoms with E-state index >= 15 is 0 Å². The number of hydrogen-bond donors (Lipinski definition) is 0. The molecule has 0 atom stereocenters. The Morgan fingerprint density at radius 3 is 1.85 bits per heavy atom. The Balaban J connectivity index is 0.00000596. The quantitative estimate of drug-likeness (QED) is 0.123. The van der Waals surface area contributed by atoms with Gasteiger partial charge in [-0.05, 0) is 96.9 Å². The van der Waals surface area contributed by atoms with Crippen LogP contribution in [0.25, 0.3) is 82.0 Å². The molecule has 3 heterocycles. The summed E-state index contributed by atoms with van der Waals surface area (Å²) >= 11 is 0. The molecule has 0 aliphatic carbocycles. The van der Waals surface area contributed by atoms with Gasteiger partial charge in [0.1, 0.15) is 5.82 Å². The molecule has 354 valence electrons. The molecule has 0 amide bonds. The Morgan fingerprint density at radius 1 is 0.528 bits per heavy atom. The molecule has 0 saturated carbocycles. The van der Waals surface area contributed by atoms with Crippen molar-refractivity contribution in [3.8, 4) is 28.4 Å². The summed E-state index contributed by atoms with van der Waals surface area (Å²) in [7, 11) is 0. The van der Waals surface area contributed by atoms with Crippen LogP contribution in [0, 0.1) is 18.8 Å². The molecule has 72 heavy (non-hydrogen) atoms. The fourth-order valence-corrected chi connectivity index (χ4v) is 10.3. The molecule has 0 unspecified atom stereocenters. The minimum atomic E-state index is -0.462. The van der Waals surface area contributed by atoms with E-state index in [1.54, 1.807) is 6.07 Å². The summed E-state index contributed by atoms with van der Waals surface area (Å²) in [5.41, 5.74) is 8.55. The van der Waals surface area contributed by atoms with Crippen LogP contribution in [-0.4, -0.2) is 9.55 Å². The number of anilines is 4. The monoisotopic (exact) mass is 1120 g/mol. The van der Waals surface area contributed by atoms with E-state index in [1.165, 1.54) is 11.1 Å². The van der Waals surface area contributed by atoms with Crippen LogP contribution < -0.4 is 14.5 Å². The maximum absolute atomic E-state index is 9.12. The largest absolute Gasteiger partial charge is 0.509 e. The molecule has 0 N–H and O–H groups in total. The third-order valence-corrected chi connectivity index (χ3v) is 14.0. The number of ether oxygens (including phenoxy) is 1. The summed E-state index contributed by atoms with van der Waals surface area (Å²) in [4.78, 5) is 9.74. The van der Waals surface area contributed by atoms with E-state index in [0.29, 0.717) is 17.0 Å². The van der Waals surface area contributed by atoms with E-state index in [1.807, 2.05) is 60.1 Å². The molecular formula is C66H51N4OPt-3. The zero-order valence-electron chi connectivity index (χ0n) is 45.7. The Bertz CT molecular complexity index is 4360. The van der Waals surface area contributed by atoms with E-state index in [0.717, 1.165) is 87.9 Å². The first-order valence-electron chi connectivity index (χ1n) is 26.6. The topological polar surface area (TPSA) is 33.5 Å². The summed E-state index contributed by atoms with van der Waals surface area (Å²) < 4.78 is 53.1. The van der Waals surface area contributed by atoms with Crippen LogP contribution in [0.5, 0.6) is 11.5 Å². The van der Waals surface area contributed by atoms with Crippen molar-refractivity contribution in [2.75, 3.05) is 9.80 Å². The molecule has 0 fully saturated rings. The molecule has 1 aliphatic rings. The van der Waals surface area contributed by atoms with E-state index in [9.17, 15) is 0 Å². The smallest absolute Gasteiger partial charge is 0.144 e. The van der Waals surface area contributed by atoms with Gasteiger partial charge in [0.15, 0.2) is 0 Å². The normalized spacial score (nSPS) is 13.9. The summed E-state index contributed by atoms with van der Waals surface area (Å²) in [6, 6.07) is 61.6. The summed E-state index contributed by atoms with van der Waals surface area (Å²) in [5.74, 6) is 1.41. The molecule has 12 aromatic rings. The van der Waals surface area contributed by atoms with Crippen LogP contribution in [0.3, 0.4) is 0 Å². The van der Waals surface area contributed by atoms with Gasteiger partial charge in [-0.3, -0.25) is 0 Å². The minimum absolute atomic E-state index is 0. The minimum Gasteiger partial charge on any atom is -0.509 e. The molecule has 6 heteroatoms. The number of hydrogen-bond acceptors (Lipinski definition) is 4. The Labute approximate surface area is 442 Å². The molecular weight excluding hydrogens is 1060 g/mol. The predicted molar refractivity (Wildman–Crippen MR) is 297 cm³/mol. The summed E-state index contributed by atoms with van der Waals surface area (Å²) in [6.07, 6.45) is 0. The second-order valence-corrected chi connectivity index (χ2v) is 20.6. The summed E-state index contributed by atoms with van der Waals surface area (Å²) in [6.45, 7) is 15.4. The molecule has 2 aromatic heterocycles. The van der Waals surface area contributed by atoms with Crippen molar-refractivity contribution in [3.63, 3.8) is 0 Å². The molecule has 0 bridgehead atoms. The van der Waals surface area contributed by atoms with Crippen molar-refractivity contribution >= 4 is 87.8 Å². The SMILES string of the molecule is [2H]c1c([2H])c([2H])c(-c2cc(Oc3[c-]c4c(cc3)c3ccccc3n4-c3nc4ccc5ccccc5c4c4c3ccc3ccccc34)[c-]c(N3[CH-]N(c4cc(C(C)(C)C)cc(C(C)(C)C)c4)c4ccccc43)c2)c([2H])c1[2H].[Pt]. The maximum atomic E-state index is 9.12. The number of aromatic nitrogens is 2. The third kappa shape index (κ3) is 7.61. The number of rotatable bonds is 6. The van der Waals surface area contributed by atoms with Crippen molar-refractivity contribution in [2.24, 2.45) is 0 Å². The number of fused-ring (bicyclic) bond motifs is 11. The van der Waals surface area contributed by atoms with Crippen LogP contribution in [0.2, 0.25) is 0 Å². The first-order chi connectivity index (χ1) is 36.5. The Hall–Kier alpha value is -7.72. The van der Waals surface area contributed by atoms with Crippen molar-refractivity contribution < 1.29 is 32.7 Å². The molecule has 10 aromatic carbocycles. The van der Waals surface area contributed by atoms with E-state index < -0.39 is 18.1 Å². The van der Waals surface area contributed by atoms with Crippen LogP contribution in [0.1, 0.15) is 59.5 Å². The molecule has 13 rings (SSSR count). The van der Waals surface area contributed by atoms with Gasteiger partial charge in [-0.15, -0.1) is 53.6 Å². The van der Waals surface area contributed by atoms with Crippen molar-refractivity contribution in [3.05, 3.63) is 224 Å². The van der Waals surface area contributed by atoms with Gasteiger partial charge < -0.3 is 19.1 Å². The van der Waals surface area contributed by atoms with Gasteiger partial charge in [-0.25, -0.2) is 4.98 Å². The van der Waals surface area contributed by atoms with Gasteiger partial charge in [0.05, 0.1) is 12.4 Å². The third-order valence-electron chi connectivity index (χ3n) is 14.0. The maximum Gasteiger partial charge on any atom is 0.144 e. The standard InChI is InChI=1S/C66H51N4O.Pt/c1-65(2,3)46-36-47(66(4,5)6)38-49(37-46)69-41-68(59-26-16-17-27-60(59)69)48-34-45(42-18-8-7-9-19-42)35-51(39-48)71-50-30-32-55-54-24-14-15-25-58(54)70(61(55)40-50)64-56-31-28-43-20-10-12-22-52(43)62(56)63-53-23-13-11-21-44(53)29-33-57(63)67-64;/h7-38,41H,1-6H3;/q-3;/i7D,8D,9D,18D,19D;. The fourth-order valence-electron chi connectivity index (χ4n) is 10.3. The first kappa shape index (κ1) is 39.9. The van der Waals surface area contributed by atoms with Crippen LogP contribution in [0.4, 0.5) is 22.7 Å². The Kier molecular flexibility index (Phi) is 9.57. The number of nitrogens with zero attached hydrogens (tertiary/aromatic N) is 4. The van der Waals surface area contributed by atoms with Gasteiger partial charge in [0, 0.05) is 71.3 Å². The predicted octanol–water partition coefficient (Wildman–Crippen LogP) is 17.9. The second kappa shape index (κ2) is 17.3. The van der Waals surface area contributed by atoms with Crippen molar-refractivity contribution in [1.82, 2.24) is 9.55 Å². The van der Waals surface area contributed by atoms with Gasteiger partial charge >= 0.3 is 0 Å². The average molecular weight is 1120 g/mol.